The summed E-state index contributed by atoms with van der Waals surface area (Å²) in [7, 11) is -3.40. The monoisotopic (exact) mass is 286 g/mol. The molecule has 0 saturated heterocycles. The molecule has 2 aliphatic rings. The number of nitrogens with zero attached hydrogens (tertiary/aromatic N) is 2. The Morgan fingerprint density at radius 3 is 2.50 bits per heavy atom. The number of halogens is 1. The van der Waals surface area contributed by atoms with Gasteiger partial charge in [-0.3, -0.25) is 0 Å². The highest BCUT2D eigenvalue weighted by molar-refractivity contribution is 7.89. The van der Waals surface area contributed by atoms with Crippen molar-refractivity contribution in [2.24, 2.45) is 5.92 Å². The van der Waals surface area contributed by atoms with Gasteiger partial charge in [0.15, 0.2) is 0 Å². The van der Waals surface area contributed by atoms with Gasteiger partial charge in [0.1, 0.15) is 10.0 Å². The Morgan fingerprint density at radius 1 is 1.28 bits per heavy atom. The second-order valence-electron chi connectivity index (χ2n) is 5.07. The molecule has 1 heterocycles. The first-order valence-corrected chi connectivity index (χ1v) is 8.02. The zero-order valence-corrected chi connectivity index (χ0v) is 11.5. The lowest BCUT2D eigenvalue weighted by Crippen LogP contribution is -2.35. The molecule has 0 aliphatic heterocycles. The fourth-order valence-electron chi connectivity index (χ4n) is 2.01. The Labute approximate surface area is 112 Å². The smallest absolute Gasteiger partial charge is 0.243 e. The number of hydrogen-bond acceptors (Lipinski definition) is 3. The Balaban J connectivity index is 1.88. The molecule has 1 aromatic rings. The van der Waals surface area contributed by atoms with Gasteiger partial charge in [0.25, 0.3) is 0 Å². The van der Waals surface area contributed by atoms with Crippen LogP contribution in [0.3, 0.4) is 0 Å². The third-order valence-corrected chi connectivity index (χ3v) is 5.52. The molecule has 0 unspecified atom stereocenters. The van der Waals surface area contributed by atoms with E-state index in [1.807, 2.05) is 0 Å². The largest absolute Gasteiger partial charge is 0.244 e. The van der Waals surface area contributed by atoms with Crippen LogP contribution in [0, 0.1) is 5.92 Å². The number of pyridine rings is 1. The molecule has 1 aromatic heterocycles. The molecule has 0 spiro atoms. The summed E-state index contributed by atoms with van der Waals surface area (Å²) in [6.07, 6.45) is 5.61. The first-order valence-electron chi connectivity index (χ1n) is 6.21. The van der Waals surface area contributed by atoms with E-state index in [1.165, 1.54) is 18.3 Å². The Kier molecular flexibility index (Phi) is 3.08. The van der Waals surface area contributed by atoms with E-state index in [0.29, 0.717) is 17.6 Å². The minimum Gasteiger partial charge on any atom is -0.243 e. The van der Waals surface area contributed by atoms with Crippen LogP contribution in [0.2, 0.25) is 5.15 Å². The van der Waals surface area contributed by atoms with Crippen LogP contribution in [-0.4, -0.2) is 30.3 Å². The standard InChI is InChI=1S/C12H15ClN2O2S/c13-12-6-5-11(7-14-12)18(16,17)15(10-3-4-10)8-9-1-2-9/h5-7,9-10H,1-4,8H2. The van der Waals surface area contributed by atoms with Crippen molar-refractivity contribution in [2.75, 3.05) is 6.54 Å². The van der Waals surface area contributed by atoms with Crippen LogP contribution in [0.5, 0.6) is 0 Å². The van der Waals surface area contributed by atoms with E-state index >= 15 is 0 Å². The first kappa shape index (κ1) is 12.4. The first-order chi connectivity index (χ1) is 8.57. The van der Waals surface area contributed by atoms with E-state index in [-0.39, 0.29) is 10.9 Å². The van der Waals surface area contributed by atoms with E-state index < -0.39 is 10.0 Å². The predicted octanol–water partition coefficient (Wildman–Crippen LogP) is 2.30. The molecule has 0 bridgehead atoms. The molecular weight excluding hydrogens is 272 g/mol. The molecule has 0 radical (unpaired) electrons. The highest BCUT2D eigenvalue weighted by Crippen LogP contribution is 2.37. The van der Waals surface area contributed by atoms with Crippen LogP contribution in [0.1, 0.15) is 25.7 Å². The van der Waals surface area contributed by atoms with Crippen LogP contribution in [0.15, 0.2) is 23.2 Å². The molecule has 0 aromatic carbocycles. The van der Waals surface area contributed by atoms with E-state index in [9.17, 15) is 8.42 Å². The van der Waals surface area contributed by atoms with Crippen LogP contribution in [0.25, 0.3) is 0 Å². The van der Waals surface area contributed by atoms with Crippen molar-refractivity contribution >= 4 is 21.6 Å². The molecule has 2 fully saturated rings. The summed E-state index contributed by atoms with van der Waals surface area (Å²) in [5.74, 6) is 0.556. The second-order valence-corrected chi connectivity index (χ2v) is 7.34. The quantitative estimate of drug-likeness (QED) is 0.781. The summed E-state index contributed by atoms with van der Waals surface area (Å²) >= 11 is 5.69. The van der Waals surface area contributed by atoms with Gasteiger partial charge in [-0.15, -0.1) is 0 Å². The lowest BCUT2D eigenvalue weighted by atomic mass is 10.4. The molecule has 0 amide bonds. The molecule has 18 heavy (non-hydrogen) atoms. The van der Waals surface area contributed by atoms with Crippen LogP contribution in [0.4, 0.5) is 0 Å². The zero-order chi connectivity index (χ0) is 12.8. The second kappa shape index (κ2) is 4.47. The highest BCUT2D eigenvalue weighted by Gasteiger charge is 2.41. The maximum absolute atomic E-state index is 12.5. The zero-order valence-electron chi connectivity index (χ0n) is 9.92. The van der Waals surface area contributed by atoms with Gasteiger partial charge in [0.2, 0.25) is 10.0 Å². The number of rotatable bonds is 5. The molecule has 4 nitrogen and oxygen atoms in total. The summed E-state index contributed by atoms with van der Waals surface area (Å²) in [4.78, 5) is 4.11. The topological polar surface area (TPSA) is 50.3 Å². The summed E-state index contributed by atoms with van der Waals surface area (Å²) < 4.78 is 26.7. The van der Waals surface area contributed by atoms with Crippen molar-refractivity contribution in [3.8, 4) is 0 Å². The van der Waals surface area contributed by atoms with E-state index in [4.69, 9.17) is 11.6 Å². The average Bonchev–Trinajstić information content (AvgIpc) is 3.19. The minimum atomic E-state index is -3.40. The molecule has 3 rings (SSSR count). The summed E-state index contributed by atoms with van der Waals surface area (Å²) in [6.45, 7) is 0.662. The molecule has 6 heteroatoms. The molecule has 2 aliphatic carbocycles. The maximum atomic E-state index is 12.5. The SMILES string of the molecule is O=S(=O)(c1ccc(Cl)nc1)N(CC1CC1)C1CC1. The fourth-order valence-corrected chi connectivity index (χ4v) is 3.83. The molecular formula is C12H15ClN2O2S. The van der Waals surface area contributed by atoms with Crippen molar-refractivity contribution in [3.63, 3.8) is 0 Å². The maximum Gasteiger partial charge on any atom is 0.244 e. The normalized spacial score (nSPS) is 20.3. The van der Waals surface area contributed by atoms with Crippen LogP contribution >= 0.6 is 11.6 Å². The van der Waals surface area contributed by atoms with Gasteiger partial charge in [-0.25, -0.2) is 13.4 Å². The summed E-state index contributed by atoms with van der Waals surface area (Å²) in [5.41, 5.74) is 0. The van der Waals surface area contributed by atoms with E-state index in [0.717, 1.165) is 25.7 Å². The van der Waals surface area contributed by atoms with E-state index in [1.54, 1.807) is 4.31 Å². The van der Waals surface area contributed by atoms with Gasteiger partial charge in [0, 0.05) is 18.8 Å². The highest BCUT2D eigenvalue weighted by atomic mass is 35.5. The Morgan fingerprint density at radius 2 is 2.00 bits per heavy atom. The third kappa shape index (κ3) is 2.53. The Bertz CT molecular complexity index is 536. The van der Waals surface area contributed by atoms with Crippen molar-refractivity contribution in [1.29, 1.82) is 0 Å². The van der Waals surface area contributed by atoms with Crippen molar-refractivity contribution in [1.82, 2.24) is 9.29 Å². The van der Waals surface area contributed by atoms with Gasteiger partial charge in [-0.05, 0) is 43.7 Å². The van der Waals surface area contributed by atoms with Crippen molar-refractivity contribution < 1.29 is 8.42 Å². The predicted molar refractivity (Wildman–Crippen MR) is 68.9 cm³/mol. The van der Waals surface area contributed by atoms with Gasteiger partial charge < -0.3 is 0 Å². The summed E-state index contributed by atoms with van der Waals surface area (Å²) in [6, 6.07) is 3.26. The molecule has 2 saturated carbocycles. The number of sulfonamides is 1. The van der Waals surface area contributed by atoms with Crippen LogP contribution in [-0.2, 0) is 10.0 Å². The van der Waals surface area contributed by atoms with E-state index in [2.05, 4.69) is 4.98 Å². The van der Waals surface area contributed by atoms with Crippen molar-refractivity contribution in [3.05, 3.63) is 23.5 Å². The molecule has 0 N–H and O–H groups in total. The molecule has 98 valence electrons. The third-order valence-electron chi connectivity index (χ3n) is 3.40. The van der Waals surface area contributed by atoms with Crippen LogP contribution < -0.4 is 0 Å². The molecule has 0 atom stereocenters. The Hall–Kier alpha value is -0.650. The van der Waals surface area contributed by atoms with Gasteiger partial charge in [-0.1, -0.05) is 11.6 Å². The minimum absolute atomic E-state index is 0.200. The van der Waals surface area contributed by atoms with Gasteiger partial charge in [0.05, 0.1) is 0 Å². The fraction of sp³-hybridized carbons (Fsp3) is 0.583. The van der Waals surface area contributed by atoms with Crippen molar-refractivity contribution in [2.45, 2.75) is 36.6 Å². The number of aromatic nitrogens is 1. The van der Waals surface area contributed by atoms with Gasteiger partial charge >= 0.3 is 0 Å². The summed E-state index contributed by atoms with van der Waals surface area (Å²) in [5, 5.41) is 0.314. The number of hydrogen-bond donors (Lipinski definition) is 0. The average molecular weight is 287 g/mol. The van der Waals surface area contributed by atoms with Gasteiger partial charge in [-0.2, -0.15) is 4.31 Å². The lowest BCUT2D eigenvalue weighted by Gasteiger charge is -2.21. The lowest BCUT2D eigenvalue weighted by molar-refractivity contribution is 0.388.